The van der Waals surface area contributed by atoms with Crippen molar-refractivity contribution in [1.29, 1.82) is 0 Å². The summed E-state index contributed by atoms with van der Waals surface area (Å²) < 4.78 is 0. The molecular formula is C16H17N5S. The summed E-state index contributed by atoms with van der Waals surface area (Å²) >= 11 is 1.76. The fraction of sp³-hybridized carbons (Fsp3) is 0.188. The number of imidazole rings is 1. The molecule has 1 aromatic carbocycles. The zero-order valence-electron chi connectivity index (χ0n) is 12.6. The van der Waals surface area contributed by atoms with Gasteiger partial charge in [-0.1, -0.05) is 6.08 Å². The number of aromatic nitrogens is 4. The zero-order valence-corrected chi connectivity index (χ0v) is 13.4. The molecular weight excluding hydrogens is 294 g/mol. The summed E-state index contributed by atoms with van der Waals surface area (Å²) in [5.41, 5.74) is 3.68. The molecule has 3 rings (SSSR count). The van der Waals surface area contributed by atoms with Crippen LogP contribution in [0.2, 0.25) is 0 Å². The van der Waals surface area contributed by atoms with Crippen molar-refractivity contribution in [2.24, 2.45) is 0 Å². The fourth-order valence-electron chi connectivity index (χ4n) is 2.22. The van der Waals surface area contributed by atoms with Gasteiger partial charge in [0.15, 0.2) is 5.65 Å². The lowest BCUT2D eigenvalue weighted by Gasteiger charge is -2.17. The van der Waals surface area contributed by atoms with E-state index < -0.39 is 0 Å². The lowest BCUT2D eigenvalue weighted by atomic mass is 10.1. The van der Waals surface area contributed by atoms with Crippen LogP contribution in [0.4, 0.5) is 5.69 Å². The lowest BCUT2D eigenvalue weighted by molar-refractivity contribution is 1.12. The van der Waals surface area contributed by atoms with Crippen molar-refractivity contribution in [3.8, 4) is 11.4 Å². The Balaban J connectivity index is 2.06. The maximum Gasteiger partial charge on any atom is 0.181 e. The number of nitrogens with one attached hydrogen (secondary N) is 1. The predicted octanol–water partition coefficient (Wildman–Crippen LogP) is 3.36. The Morgan fingerprint density at radius 1 is 1.36 bits per heavy atom. The Morgan fingerprint density at radius 3 is 2.95 bits per heavy atom. The lowest BCUT2D eigenvalue weighted by Crippen LogP contribution is -2.10. The molecule has 0 aliphatic heterocycles. The minimum Gasteiger partial charge on any atom is -0.377 e. The van der Waals surface area contributed by atoms with E-state index in [-0.39, 0.29) is 0 Å². The van der Waals surface area contributed by atoms with Gasteiger partial charge in [-0.05, 0) is 18.2 Å². The van der Waals surface area contributed by atoms with Crippen LogP contribution in [0, 0.1) is 0 Å². The molecule has 0 saturated carbocycles. The molecule has 0 unspecified atom stereocenters. The van der Waals surface area contributed by atoms with E-state index in [4.69, 9.17) is 0 Å². The van der Waals surface area contributed by atoms with E-state index >= 15 is 0 Å². The predicted molar refractivity (Wildman–Crippen MR) is 92.4 cm³/mol. The quantitative estimate of drug-likeness (QED) is 0.578. The third kappa shape index (κ3) is 2.82. The zero-order chi connectivity index (χ0) is 15.5. The molecule has 0 amide bonds. The molecule has 2 aromatic heterocycles. The van der Waals surface area contributed by atoms with Crippen LogP contribution in [0.1, 0.15) is 0 Å². The number of rotatable bonds is 5. The van der Waals surface area contributed by atoms with Crippen molar-refractivity contribution in [3.05, 3.63) is 43.4 Å². The monoisotopic (exact) mass is 311 g/mol. The third-order valence-corrected chi connectivity index (χ3v) is 4.23. The SMILES string of the molecule is C=CCSc1ccc(-c2nc3ncncc3[nH]2)c(N(C)C)c1. The van der Waals surface area contributed by atoms with Crippen LogP contribution in [-0.4, -0.2) is 39.8 Å². The molecule has 0 radical (unpaired) electrons. The van der Waals surface area contributed by atoms with E-state index in [9.17, 15) is 0 Å². The Morgan fingerprint density at radius 2 is 2.23 bits per heavy atom. The molecule has 0 fully saturated rings. The number of anilines is 1. The van der Waals surface area contributed by atoms with E-state index in [1.54, 1.807) is 18.0 Å². The highest BCUT2D eigenvalue weighted by Gasteiger charge is 2.13. The number of H-pyrrole nitrogens is 1. The second-order valence-electron chi connectivity index (χ2n) is 5.02. The van der Waals surface area contributed by atoms with Gasteiger partial charge in [-0.25, -0.2) is 15.0 Å². The summed E-state index contributed by atoms with van der Waals surface area (Å²) in [7, 11) is 4.06. The van der Waals surface area contributed by atoms with Crippen LogP contribution >= 0.6 is 11.8 Å². The van der Waals surface area contributed by atoms with Crippen molar-refractivity contribution in [2.45, 2.75) is 4.90 Å². The van der Waals surface area contributed by atoms with Gasteiger partial charge in [0.05, 0.1) is 6.20 Å². The molecule has 0 aliphatic carbocycles. The summed E-state index contributed by atoms with van der Waals surface area (Å²) in [5.74, 6) is 1.70. The smallest absolute Gasteiger partial charge is 0.181 e. The van der Waals surface area contributed by atoms with Crippen LogP contribution in [-0.2, 0) is 0 Å². The Labute approximate surface area is 133 Å². The third-order valence-electron chi connectivity index (χ3n) is 3.24. The topological polar surface area (TPSA) is 57.7 Å². The number of nitrogens with zero attached hydrogens (tertiary/aromatic N) is 4. The fourth-order valence-corrected chi connectivity index (χ4v) is 2.89. The summed E-state index contributed by atoms with van der Waals surface area (Å²) in [6, 6.07) is 6.36. The first kappa shape index (κ1) is 14.6. The molecule has 22 heavy (non-hydrogen) atoms. The Bertz CT molecular complexity index is 776. The molecule has 0 bridgehead atoms. The van der Waals surface area contributed by atoms with Crippen LogP contribution in [0.3, 0.4) is 0 Å². The molecule has 0 spiro atoms. The van der Waals surface area contributed by atoms with E-state index in [0.29, 0.717) is 5.65 Å². The highest BCUT2D eigenvalue weighted by atomic mass is 32.2. The number of benzene rings is 1. The van der Waals surface area contributed by atoms with Gasteiger partial charge in [-0.3, -0.25) is 0 Å². The first-order chi connectivity index (χ1) is 10.7. The van der Waals surface area contributed by atoms with Gasteiger partial charge in [-0.2, -0.15) is 0 Å². The summed E-state index contributed by atoms with van der Waals surface area (Å²) in [6.07, 6.45) is 5.16. The van der Waals surface area contributed by atoms with E-state index in [0.717, 1.165) is 28.3 Å². The number of hydrogen-bond donors (Lipinski definition) is 1. The molecule has 0 aliphatic rings. The van der Waals surface area contributed by atoms with Gasteiger partial charge in [0.2, 0.25) is 0 Å². The standard InChI is InChI=1S/C16H17N5S/c1-4-7-22-11-5-6-12(14(8-11)21(2)3)15-19-13-9-17-10-18-16(13)20-15/h4-6,8-10H,1,7H2,2-3H3,(H,17,18,19,20). The van der Waals surface area contributed by atoms with Crippen molar-refractivity contribution in [2.75, 3.05) is 24.7 Å². The normalized spacial score (nSPS) is 10.8. The Hall–Kier alpha value is -2.34. The Kier molecular flexibility index (Phi) is 4.11. The summed E-state index contributed by atoms with van der Waals surface area (Å²) in [6.45, 7) is 3.76. The number of aromatic amines is 1. The van der Waals surface area contributed by atoms with E-state index in [1.165, 1.54) is 11.2 Å². The number of hydrogen-bond acceptors (Lipinski definition) is 5. The average molecular weight is 311 g/mol. The van der Waals surface area contributed by atoms with Gasteiger partial charge in [0.25, 0.3) is 0 Å². The van der Waals surface area contributed by atoms with Gasteiger partial charge in [0.1, 0.15) is 17.7 Å². The first-order valence-corrected chi connectivity index (χ1v) is 7.89. The van der Waals surface area contributed by atoms with Crippen molar-refractivity contribution < 1.29 is 0 Å². The molecule has 5 nitrogen and oxygen atoms in total. The molecule has 0 saturated heterocycles. The molecule has 2 heterocycles. The second kappa shape index (κ2) is 6.19. The van der Waals surface area contributed by atoms with E-state index in [1.807, 2.05) is 20.2 Å². The van der Waals surface area contributed by atoms with Crippen molar-refractivity contribution in [3.63, 3.8) is 0 Å². The van der Waals surface area contributed by atoms with Gasteiger partial charge < -0.3 is 9.88 Å². The summed E-state index contributed by atoms with van der Waals surface area (Å²) in [5, 5.41) is 0. The van der Waals surface area contributed by atoms with Gasteiger partial charge in [0, 0.05) is 36.0 Å². The number of thioether (sulfide) groups is 1. The maximum absolute atomic E-state index is 4.56. The summed E-state index contributed by atoms with van der Waals surface area (Å²) in [4.78, 5) is 19.3. The van der Waals surface area contributed by atoms with Crippen LogP contribution in [0.25, 0.3) is 22.6 Å². The second-order valence-corrected chi connectivity index (χ2v) is 6.11. The van der Waals surface area contributed by atoms with Gasteiger partial charge in [-0.15, -0.1) is 18.3 Å². The molecule has 1 N–H and O–H groups in total. The molecule has 6 heteroatoms. The minimum absolute atomic E-state index is 0.680. The van der Waals surface area contributed by atoms with Crippen LogP contribution in [0.15, 0.2) is 48.3 Å². The van der Waals surface area contributed by atoms with E-state index in [2.05, 4.69) is 49.6 Å². The van der Waals surface area contributed by atoms with Gasteiger partial charge >= 0.3 is 0 Å². The maximum atomic E-state index is 4.56. The largest absolute Gasteiger partial charge is 0.377 e. The highest BCUT2D eigenvalue weighted by molar-refractivity contribution is 7.99. The minimum atomic E-state index is 0.680. The average Bonchev–Trinajstić information content (AvgIpc) is 2.96. The molecule has 112 valence electrons. The van der Waals surface area contributed by atoms with Crippen molar-refractivity contribution >= 4 is 28.6 Å². The first-order valence-electron chi connectivity index (χ1n) is 6.90. The van der Waals surface area contributed by atoms with Crippen LogP contribution < -0.4 is 4.90 Å². The van der Waals surface area contributed by atoms with Crippen molar-refractivity contribution in [1.82, 2.24) is 19.9 Å². The van der Waals surface area contributed by atoms with Crippen LogP contribution in [0.5, 0.6) is 0 Å². The highest BCUT2D eigenvalue weighted by Crippen LogP contribution is 2.33. The number of fused-ring (bicyclic) bond motifs is 1. The molecule has 3 aromatic rings. The molecule has 0 atom stereocenters.